The molecule has 0 spiro atoms. The standard InChI is InChI=1S/C23H37NO4/c1-3-8-20-26-16-22(15-24,17-27-20)21(25)28-23(4-2)13-11-19(12-14-23)18-9-6-5-7-10-18/h18-20H,3-14,16-17H2,1-2H3/t19-,20-,22+,23-. The first-order valence-electron chi connectivity index (χ1n) is 11.4. The van der Waals surface area contributed by atoms with Gasteiger partial charge in [0.1, 0.15) is 5.60 Å². The topological polar surface area (TPSA) is 68.5 Å². The van der Waals surface area contributed by atoms with Gasteiger partial charge in [-0.1, -0.05) is 52.4 Å². The molecular formula is C23H37NO4. The van der Waals surface area contributed by atoms with Crippen LogP contribution in [0.2, 0.25) is 0 Å². The molecule has 0 N–H and O–H groups in total. The van der Waals surface area contributed by atoms with Crippen molar-refractivity contribution in [3.05, 3.63) is 0 Å². The molecule has 5 heteroatoms. The number of ether oxygens (including phenoxy) is 3. The van der Waals surface area contributed by atoms with E-state index < -0.39 is 17.0 Å². The Morgan fingerprint density at radius 2 is 1.64 bits per heavy atom. The van der Waals surface area contributed by atoms with Gasteiger partial charge in [0.05, 0.1) is 19.3 Å². The Morgan fingerprint density at radius 1 is 1.04 bits per heavy atom. The van der Waals surface area contributed by atoms with E-state index in [1.54, 1.807) is 0 Å². The molecule has 1 saturated heterocycles. The number of rotatable bonds is 6. The van der Waals surface area contributed by atoms with Crippen molar-refractivity contribution in [1.82, 2.24) is 0 Å². The molecule has 2 saturated carbocycles. The first kappa shape index (κ1) is 21.6. The summed E-state index contributed by atoms with van der Waals surface area (Å²) in [5.74, 6) is 1.18. The maximum absolute atomic E-state index is 13.0. The Hall–Kier alpha value is -1.12. The van der Waals surface area contributed by atoms with E-state index >= 15 is 0 Å². The lowest BCUT2D eigenvalue weighted by Crippen LogP contribution is -2.50. The first-order valence-corrected chi connectivity index (χ1v) is 11.4. The second kappa shape index (κ2) is 9.59. The van der Waals surface area contributed by atoms with Gasteiger partial charge < -0.3 is 14.2 Å². The molecule has 1 heterocycles. The van der Waals surface area contributed by atoms with Crippen LogP contribution in [0.3, 0.4) is 0 Å². The molecule has 1 aliphatic heterocycles. The van der Waals surface area contributed by atoms with E-state index in [1.807, 2.05) is 0 Å². The number of nitriles is 1. The number of esters is 1. The average Bonchev–Trinajstić information content (AvgIpc) is 2.75. The molecule has 0 radical (unpaired) electrons. The number of hydrogen-bond acceptors (Lipinski definition) is 5. The third-order valence-electron chi connectivity index (χ3n) is 7.37. The fourth-order valence-corrected chi connectivity index (χ4v) is 5.26. The molecule has 0 aromatic carbocycles. The van der Waals surface area contributed by atoms with E-state index in [4.69, 9.17) is 14.2 Å². The number of hydrogen-bond donors (Lipinski definition) is 0. The summed E-state index contributed by atoms with van der Waals surface area (Å²) in [7, 11) is 0. The summed E-state index contributed by atoms with van der Waals surface area (Å²) in [4.78, 5) is 13.0. The van der Waals surface area contributed by atoms with Crippen molar-refractivity contribution >= 4 is 5.97 Å². The lowest BCUT2D eigenvalue weighted by Gasteiger charge is -2.44. The van der Waals surface area contributed by atoms with Gasteiger partial charge in [-0.25, -0.2) is 0 Å². The highest BCUT2D eigenvalue weighted by atomic mass is 16.7. The molecule has 28 heavy (non-hydrogen) atoms. The lowest BCUT2D eigenvalue weighted by atomic mass is 9.69. The minimum absolute atomic E-state index is 0.0670. The average molecular weight is 392 g/mol. The molecule has 0 aromatic rings. The van der Waals surface area contributed by atoms with Gasteiger partial charge in [-0.15, -0.1) is 0 Å². The maximum Gasteiger partial charge on any atom is 0.331 e. The Bertz CT molecular complexity index is 547. The maximum atomic E-state index is 13.0. The van der Waals surface area contributed by atoms with E-state index in [0.29, 0.717) is 0 Å². The molecule has 0 amide bonds. The zero-order valence-electron chi connectivity index (χ0n) is 17.7. The summed E-state index contributed by atoms with van der Waals surface area (Å²) in [5.41, 5.74) is -1.75. The molecule has 3 fully saturated rings. The molecule has 0 aromatic heterocycles. The predicted octanol–water partition coefficient (Wildman–Crippen LogP) is 5.13. The van der Waals surface area contributed by atoms with Crippen molar-refractivity contribution in [3.63, 3.8) is 0 Å². The van der Waals surface area contributed by atoms with Crippen LogP contribution in [0.25, 0.3) is 0 Å². The largest absolute Gasteiger partial charge is 0.458 e. The molecule has 5 nitrogen and oxygen atoms in total. The highest BCUT2D eigenvalue weighted by Gasteiger charge is 2.49. The predicted molar refractivity (Wildman–Crippen MR) is 106 cm³/mol. The zero-order valence-corrected chi connectivity index (χ0v) is 17.7. The van der Waals surface area contributed by atoms with Crippen molar-refractivity contribution in [2.45, 2.75) is 103 Å². The summed E-state index contributed by atoms with van der Waals surface area (Å²) < 4.78 is 17.4. The van der Waals surface area contributed by atoms with E-state index in [0.717, 1.165) is 56.8 Å². The van der Waals surface area contributed by atoms with Crippen molar-refractivity contribution in [1.29, 1.82) is 5.26 Å². The molecule has 0 unspecified atom stereocenters. The van der Waals surface area contributed by atoms with Gasteiger partial charge in [-0.2, -0.15) is 5.26 Å². The monoisotopic (exact) mass is 391 g/mol. The van der Waals surface area contributed by atoms with E-state index in [2.05, 4.69) is 19.9 Å². The highest BCUT2D eigenvalue weighted by molar-refractivity contribution is 5.81. The summed E-state index contributed by atoms with van der Waals surface area (Å²) in [6, 6.07) is 2.15. The van der Waals surface area contributed by atoms with Crippen molar-refractivity contribution in [2.24, 2.45) is 17.3 Å². The van der Waals surface area contributed by atoms with Crippen LogP contribution in [0.5, 0.6) is 0 Å². The Labute approximate surface area is 170 Å². The molecular weight excluding hydrogens is 354 g/mol. The van der Waals surface area contributed by atoms with Gasteiger partial charge in [0, 0.05) is 0 Å². The molecule has 0 atom stereocenters. The molecule has 3 aliphatic rings. The van der Waals surface area contributed by atoms with Crippen LogP contribution in [-0.4, -0.2) is 31.1 Å². The van der Waals surface area contributed by atoms with Gasteiger partial charge in [0.2, 0.25) is 5.41 Å². The SMILES string of the molecule is CCC[C@H]1OC[C@@](C#N)(C(=O)O[C@]2(CC)CC[C@@H](C3CCCCC3)CC2)CO1. The second-order valence-corrected chi connectivity index (χ2v) is 9.20. The fraction of sp³-hybridized carbons (Fsp3) is 0.913. The molecule has 2 aliphatic carbocycles. The van der Waals surface area contributed by atoms with Crippen LogP contribution < -0.4 is 0 Å². The smallest absolute Gasteiger partial charge is 0.331 e. The Kier molecular flexibility index (Phi) is 7.39. The van der Waals surface area contributed by atoms with Crippen LogP contribution in [0.1, 0.15) is 90.9 Å². The summed E-state index contributed by atoms with van der Waals surface area (Å²) >= 11 is 0. The minimum atomic E-state index is -1.33. The summed E-state index contributed by atoms with van der Waals surface area (Å²) in [6.45, 7) is 4.29. The number of nitrogens with zero attached hydrogens (tertiary/aromatic N) is 1. The van der Waals surface area contributed by atoms with Crippen molar-refractivity contribution in [3.8, 4) is 6.07 Å². The Morgan fingerprint density at radius 3 is 2.18 bits per heavy atom. The summed E-state index contributed by atoms with van der Waals surface area (Å²) in [5, 5.41) is 9.72. The van der Waals surface area contributed by atoms with Crippen LogP contribution in [0.4, 0.5) is 0 Å². The minimum Gasteiger partial charge on any atom is -0.458 e. The Balaban J connectivity index is 1.58. The van der Waals surface area contributed by atoms with E-state index in [9.17, 15) is 10.1 Å². The molecule has 3 rings (SSSR count). The van der Waals surface area contributed by atoms with E-state index in [-0.39, 0.29) is 19.5 Å². The van der Waals surface area contributed by atoms with Crippen LogP contribution in [0, 0.1) is 28.6 Å². The van der Waals surface area contributed by atoms with Crippen LogP contribution in [-0.2, 0) is 19.0 Å². The van der Waals surface area contributed by atoms with Gasteiger partial charge in [-0.05, 0) is 50.4 Å². The van der Waals surface area contributed by atoms with Gasteiger partial charge >= 0.3 is 5.97 Å². The normalized spacial score (nSPS) is 37.2. The zero-order chi connectivity index (χ0) is 20.0. The first-order chi connectivity index (χ1) is 13.6. The van der Waals surface area contributed by atoms with Crippen LogP contribution in [0.15, 0.2) is 0 Å². The van der Waals surface area contributed by atoms with Crippen molar-refractivity contribution in [2.75, 3.05) is 13.2 Å². The number of carbonyl (C=O) groups excluding carboxylic acids is 1. The quantitative estimate of drug-likeness (QED) is 0.587. The second-order valence-electron chi connectivity index (χ2n) is 9.20. The van der Waals surface area contributed by atoms with Crippen molar-refractivity contribution < 1.29 is 19.0 Å². The lowest BCUT2D eigenvalue weighted by molar-refractivity contribution is -0.233. The van der Waals surface area contributed by atoms with Gasteiger partial charge in [-0.3, -0.25) is 4.79 Å². The molecule has 0 bridgehead atoms. The number of carbonyl (C=O) groups is 1. The van der Waals surface area contributed by atoms with Crippen LogP contribution >= 0.6 is 0 Å². The third-order valence-corrected chi connectivity index (χ3v) is 7.37. The van der Waals surface area contributed by atoms with Gasteiger partial charge in [0.25, 0.3) is 0 Å². The van der Waals surface area contributed by atoms with Gasteiger partial charge in [0.15, 0.2) is 6.29 Å². The highest BCUT2D eigenvalue weighted by Crippen LogP contribution is 2.44. The third kappa shape index (κ3) is 4.71. The summed E-state index contributed by atoms with van der Waals surface area (Å²) in [6.07, 6.45) is 13.2. The fourth-order valence-electron chi connectivity index (χ4n) is 5.26. The molecule has 158 valence electrons. The van der Waals surface area contributed by atoms with E-state index in [1.165, 1.54) is 32.1 Å².